The Bertz CT molecular complexity index is 446. The largest absolute Gasteiger partial charge is 0.462 e. The summed E-state index contributed by atoms with van der Waals surface area (Å²) in [6, 6.07) is 0.737. The Balaban J connectivity index is 4.23. The third-order valence-electron chi connectivity index (χ3n) is 2.84. The van der Waals surface area contributed by atoms with Crippen LogP contribution in [0.4, 0.5) is 0 Å². The van der Waals surface area contributed by atoms with E-state index < -0.39 is 21.2 Å². The van der Waals surface area contributed by atoms with Gasteiger partial charge in [0.2, 0.25) is 0 Å². The monoisotopic (exact) mass is 359 g/mol. The van der Waals surface area contributed by atoms with Crippen molar-refractivity contribution < 1.29 is 33.0 Å². The minimum Gasteiger partial charge on any atom is -0.462 e. The summed E-state index contributed by atoms with van der Waals surface area (Å²) in [7, 11) is 0.339. The van der Waals surface area contributed by atoms with Crippen LogP contribution in [0.15, 0.2) is 23.3 Å². The lowest BCUT2D eigenvalue weighted by molar-refractivity contribution is -0.140. The summed E-state index contributed by atoms with van der Waals surface area (Å²) in [5, 5.41) is 8.59. The van der Waals surface area contributed by atoms with Crippen molar-refractivity contribution in [2.24, 2.45) is 0 Å². The van der Waals surface area contributed by atoms with Crippen LogP contribution in [0, 0.1) is 0 Å². The second-order valence-electron chi connectivity index (χ2n) is 4.81. The highest BCUT2D eigenvalue weighted by molar-refractivity contribution is 6.44. The Kier molecular flexibility index (Phi) is 13.1. The van der Waals surface area contributed by atoms with E-state index in [2.05, 4.69) is 0 Å². The SMILES string of the molecule is CCO[Si](CCCOC(=O)/C(C)=C/C=C(\C)C(=O)OCCO)OC. The normalized spacial score (nSPS) is 12.4. The smallest absolute Gasteiger partial charge is 0.384 e. The molecule has 0 spiro atoms. The van der Waals surface area contributed by atoms with E-state index in [9.17, 15) is 9.59 Å². The van der Waals surface area contributed by atoms with Crippen molar-refractivity contribution in [3.05, 3.63) is 23.3 Å². The molecule has 0 unspecified atom stereocenters. The van der Waals surface area contributed by atoms with Gasteiger partial charge in [0.15, 0.2) is 0 Å². The fraction of sp³-hybridized carbons (Fsp3) is 0.625. The summed E-state index contributed by atoms with van der Waals surface area (Å²) >= 11 is 0. The van der Waals surface area contributed by atoms with Crippen LogP contribution in [0.25, 0.3) is 0 Å². The van der Waals surface area contributed by atoms with Crippen molar-refractivity contribution in [2.45, 2.75) is 33.2 Å². The summed E-state index contributed by atoms with van der Waals surface area (Å²) in [6.45, 7) is 5.70. The number of hydrogen-bond acceptors (Lipinski definition) is 7. The van der Waals surface area contributed by atoms with Crippen molar-refractivity contribution in [3.63, 3.8) is 0 Å². The molecule has 1 N–H and O–H groups in total. The lowest BCUT2D eigenvalue weighted by Crippen LogP contribution is -2.21. The van der Waals surface area contributed by atoms with Crippen LogP contribution in [0.3, 0.4) is 0 Å². The van der Waals surface area contributed by atoms with Crippen molar-refractivity contribution in [3.8, 4) is 0 Å². The lowest BCUT2D eigenvalue weighted by atomic mass is 10.2. The summed E-state index contributed by atoms with van der Waals surface area (Å²) < 4.78 is 20.6. The standard InChI is InChI=1S/C16H27O7Si/c1-5-23-24(20-4)12-6-10-21-15(18)13(2)7-8-14(3)16(19)22-11-9-17/h7-8,17H,5-6,9-12H2,1-4H3/b13-7+,14-8+. The van der Waals surface area contributed by atoms with E-state index in [1.54, 1.807) is 21.0 Å². The van der Waals surface area contributed by atoms with Crippen molar-refractivity contribution >= 4 is 21.2 Å². The van der Waals surface area contributed by atoms with Crippen LogP contribution < -0.4 is 0 Å². The van der Waals surface area contributed by atoms with E-state index in [-0.39, 0.29) is 19.8 Å². The molecule has 0 bridgehead atoms. The van der Waals surface area contributed by atoms with Crippen molar-refractivity contribution in [2.75, 3.05) is 33.5 Å². The first-order chi connectivity index (χ1) is 11.5. The van der Waals surface area contributed by atoms with Crippen molar-refractivity contribution in [1.82, 2.24) is 0 Å². The summed E-state index contributed by atoms with van der Waals surface area (Å²) in [4.78, 5) is 23.3. The highest BCUT2D eigenvalue weighted by Gasteiger charge is 2.13. The van der Waals surface area contributed by atoms with Gasteiger partial charge in [-0.25, -0.2) is 9.59 Å². The van der Waals surface area contributed by atoms with E-state index in [0.29, 0.717) is 24.2 Å². The van der Waals surface area contributed by atoms with E-state index in [4.69, 9.17) is 23.4 Å². The number of aliphatic hydroxyl groups excluding tert-OH is 1. The second-order valence-corrected chi connectivity index (χ2v) is 6.75. The minimum absolute atomic E-state index is 0.0542. The highest BCUT2D eigenvalue weighted by atomic mass is 28.3. The average molecular weight is 359 g/mol. The second kappa shape index (κ2) is 13.9. The Morgan fingerprint density at radius 1 is 1.04 bits per heavy atom. The highest BCUT2D eigenvalue weighted by Crippen LogP contribution is 2.05. The number of carbonyl (C=O) groups excluding carboxylic acids is 2. The zero-order valence-corrected chi connectivity index (χ0v) is 15.8. The quantitative estimate of drug-likeness (QED) is 0.186. The number of esters is 2. The summed E-state index contributed by atoms with van der Waals surface area (Å²) in [5.74, 6) is -0.975. The molecule has 0 saturated heterocycles. The van der Waals surface area contributed by atoms with Gasteiger partial charge in [0.05, 0.1) is 13.2 Å². The molecule has 137 valence electrons. The van der Waals surface area contributed by atoms with Gasteiger partial charge in [-0.05, 0) is 33.2 Å². The molecule has 0 aliphatic rings. The number of carbonyl (C=O) groups is 2. The average Bonchev–Trinajstić information content (AvgIpc) is 2.59. The molecule has 0 rings (SSSR count). The first-order valence-corrected chi connectivity index (χ1v) is 9.31. The molecule has 0 aromatic rings. The van der Waals surface area contributed by atoms with Crippen LogP contribution in [-0.2, 0) is 27.9 Å². The Morgan fingerprint density at radius 2 is 1.58 bits per heavy atom. The topological polar surface area (TPSA) is 91.3 Å². The van der Waals surface area contributed by atoms with Crippen LogP contribution in [0.1, 0.15) is 27.2 Å². The number of hydrogen-bond donors (Lipinski definition) is 1. The Labute approximate surface area is 145 Å². The molecule has 7 nitrogen and oxygen atoms in total. The molecule has 24 heavy (non-hydrogen) atoms. The van der Waals surface area contributed by atoms with E-state index in [0.717, 1.165) is 6.04 Å². The molecule has 0 aromatic carbocycles. The van der Waals surface area contributed by atoms with Gasteiger partial charge >= 0.3 is 21.2 Å². The Hall–Kier alpha value is -1.48. The molecule has 0 atom stereocenters. The van der Waals surface area contributed by atoms with Gasteiger partial charge in [-0.15, -0.1) is 0 Å². The maximum atomic E-state index is 11.8. The summed E-state index contributed by atoms with van der Waals surface area (Å²) in [6.07, 6.45) is 3.66. The van der Waals surface area contributed by atoms with Crippen molar-refractivity contribution in [1.29, 1.82) is 0 Å². The Morgan fingerprint density at radius 3 is 2.04 bits per heavy atom. The van der Waals surface area contributed by atoms with Gasteiger partial charge in [-0.3, -0.25) is 0 Å². The molecule has 0 amide bonds. The number of aliphatic hydroxyl groups is 1. The molecule has 8 heteroatoms. The third kappa shape index (κ3) is 10.3. The molecule has 0 heterocycles. The minimum atomic E-state index is -1.28. The van der Waals surface area contributed by atoms with Gasteiger partial charge in [-0.2, -0.15) is 0 Å². The number of ether oxygens (including phenoxy) is 2. The van der Waals surface area contributed by atoms with Crippen LogP contribution in [0.2, 0.25) is 6.04 Å². The van der Waals surface area contributed by atoms with E-state index in [1.165, 1.54) is 12.2 Å². The molecule has 0 fully saturated rings. The zero-order chi connectivity index (χ0) is 18.4. The first-order valence-electron chi connectivity index (χ1n) is 7.79. The summed E-state index contributed by atoms with van der Waals surface area (Å²) in [5.41, 5.74) is 0.714. The van der Waals surface area contributed by atoms with E-state index in [1.807, 2.05) is 6.92 Å². The lowest BCUT2D eigenvalue weighted by Gasteiger charge is -2.11. The van der Waals surface area contributed by atoms with E-state index >= 15 is 0 Å². The van der Waals surface area contributed by atoms with Crippen LogP contribution in [-0.4, -0.2) is 59.9 Å². The number of rotatable bonds is 12. The number of allylic oxidation sites excluding steroid dienone is 2. The zero-order valence-electron chi connectivity index (χ0n) is 14.8. The molecular weight excluding hydrogens is 332 g/mol. The molecule has 0 aliphatic carbocycles. The fourth-order valence-corrected chi connectivity index (χ4v) is 2.75. The molecular formula is C16H27O7Si. The predicted octanol–water partition coefficient (Wildman–Crippen LogP) is 1.52. The molecule has 0 saturated carbocycles. The fourth-order valence-electron chi connectivity index (χ4n) is 1.53. The van der Waals surface area contributed by atoms with Gasteiger partial charge in [0, 0.05) is 24.9 Å². The van der Waals surface area contributed by atoms with Gasteiger partial charge in [-0.1, -0.05) is 12.2 Å². The maximum Gasteiger partial charge on any atom is 0.384 e. The molecule has 1 radical (unpaired) electrons. The molecule has 0 aromatic heterocycles. The van der Waals surface area contributed by atoms with Gasteiger partial charge in [0.25, 0.3) is 0 Å². The van der Waals surface area contributed by atoms with Crippen LogP contribution in [0.5, 0.6) is 0 Å². The van der Waals surface area contributed by atoms with Gasteiger partial charge in [0.1, 0.15) is 6.61 Å². The van der Waals surface area contributed by atoms with Gasteiger partial charge < -0.3 is 23.4 Å². The predicted molar refractivity (Wildman–Crippen MR) is 90.3 cm³/mol. The third-order valence-corrected chi connectivity index (χ3v) is 4.67. The maximum absolute atomic E-state index is 11.8. The van der Waals surface area contributed by atoms with Crippen LogP contribution >= 0.6 is 0 Å². The molecule has 0 aliphatic heterocycles. The first kappa shape index (κ1) is 22.5.